The molecule has 2 heterocycles. The number of hydrogen-bond donors (Lipinski definition) is 2. The largest absolute Gasteiger partial charge is 0.490 e. The third kappa shape index (κ3) is 3.16. The van der Waals surface area contributed by atoms with Crippen molar-refractivity contribution in [2.75, 3.05) is 30.9 Å². The standard InChI is InChI=1S/C15H18N4O2/c1-10-8-14(19-15(16-2)17-10)18-11-4-5-12-13(9-11)21-7-3-6-20-12/h4-5,8-9H,3,6-7H2,1-2H3,(H2,16,17,18,19). The minimum Gasteiger partial charge on any atom is -0.490 e. The Bertz CT molecular complexity index is 646. The molecule has 1 aromatic carbocycles. The van der Waals surface area contributed by atoms with Crippen molar-refractivity contribution in [1.82, 2.24) is 9.97 Å². The van der Waals surface area contributed by atoms with E-state index in [9.17, 15) is 0 Å². The summed E-state index contributed by atoms with van der Waals surface area (Å²) in [7, 11) is 1.80. The maximum atomic E-state index is 5.69. The number of aromatic nitrogens is 2. The topological polar surface area (TPSA) is 68.3 Å². The summed E-state index contributed by atoms with van der Waals surface area (Å²) in [5, 5.41) is 6.21. The molecule has 0 aliphatic carbocycles. The molecule has 2 N–H and O–H groups in total. The van der Waals surface area contributed by atoms with Crippen LogP contribution in [0.4, 0.5) is 17.5 Å². The Morgan fingerprint density at radius 2 is 1.86 bits per heavy atom. The second-order valence-corrected chi connectivity index (χ2v) is 4.81. The molecule has 0 unspecified atom stereocenters. The molecule has 21 heavy (non-hydrogen) atoms. The minimum absolute atomic E-state index is 0.590. The first-order valence-electron chi connectivity index (χ1n) is 6.95. The van der Waals surface area contributed by atoms with E-state index < -0.39 is 0 Å². The number of ether oxygens (including phenoxy) is 2. The van der Waals surface area contributed by atoms with Gasteiger partial charge in [0.2, 0.25) is 5.95 Å². The Kier molecular flexibility index (Phi) is 3.77. The van der Waals surface area contributed by atoms with Gasteiger partial charge in [0, 0.05) is 37.0 Å². The van der Waals surface area contributed by atoms with Gasteiger partial charge in [-0.1, -0.05) is 0 Å². The van der Waals surface area contributed by atoms with Crippen molar-refractivity contribution in [3.63, 3.8) is 0 Å². The van der Waals surface area contributed by atoms with Gasteiger partial charge < -0.3 is 20.1 Å². The predicted molar refractivity (Wildman–Crippen MR) is 81.6 cm³/mol. The molecule has 1 aromatic heterocycles. The fourth-order valence-corrected chi connectivity index (χ4v) is 2.13. The second-order valence-electron chi connectivity index (χ2n) is 4.81. The summed E-state index contributed by atoms with van der Waals surface area (Å²) < 4.78 is 11.3. The van der Waals surface area contributed by atoms with Crippen LogP contribution in [0.2, 0.25) is 0 Å². The summed E-state index contributed by atoms with van der Waals surface area (Å²) >= 11 is 0. The van der Waals surface area contributed by atoms with Crippen LogP contribution in [0.15, 0.2) is 24.3 Å². The number of aryl methyl sites for hydroxylation is 1. The fourth-order valence-electron chi connectivity index (χ4n) is 2.13. The van der Waals surface area contributed by atoms with Crippen molar-refractivity contribution in [2.24, 2.45) is 0 Å². The Morgan fingerprint density at radius 1 is 1.05 bits per heavy atom. The van der Waals surface area contributed by atoms with Crippen LogP contribution in [0.3, 0.4) is 0 Å². The molecule has 1 aliphatic rings. The normalized spacial score (nSPS) is 13.4. The van der Waals surface area contributed by atoms with Crippen LogP contribution in [-0.2, 0) is 0 Å². The highest BCUT2D eigenvalue weighted by Crippen LogP contribution is 2.33. The van der Waals surface area contributed by atoms with E-state index in [1.54, 1.807) is 7.05 Å². The SMILES string of the molecule is CNc1nc(C)cc(Nc2ccc3c(c2)OCCCO3)n1. The van der Waals surface area contributed by atoms with E-state index >= 15 is 0 Å². The number of benzene rings is 1. The van der Waals surface area contributed by atoms with Crippen molar-refractivity contribution in [3.8, 4) is 11.5 Å². The van der Waals surface area contributed by atoms with Gasteiger partial charge in [0.15, 0.2) is 11.5 Å². The van der Waals surface area contributed by atoms with E-state index in [0.717, 1.165) is 35.1 Å². The Morgan fingerprint density at radius 3 is 2.67 bits per heavy atom. The maximum absolute atomic E-state index is 5.69. The predicted octanol–water partition coefficient (Wildman–Crippen LogP) is 2.73. The molecule has 0 fully saturated rings. The molecular formula is C15H18N4O2. The molecule has 1 aliphatic heterocycles. The summed E-state index contributed by atoms with van der Waals surface area (Å²) in [6.07, 6.45) is 0.897. The quantitative estimate of drug-likeness (QED) is 0.904. The van der Waals surface area contributed by atoms with Crippen LogP contribution >= 0.6 is 0 Å². The number of hydrogen-bond acceptors (Lipinski definition) is 6. The van der Waals surface area contributed by atoms with Crippen LogP contribution in [0.1, 0.15) is 12.1 Å². The van der Waals surface area contributed by atoms with Gasteiger partial charge in [-0.15, -0.1) is 0 Å². The van der Waals surface area contributed by atoms with Crippen LogP contribution < -0.4 is 20.1 Å². The van der Waals surface area contributed by atoms with E-state index in [2.05, 4.69) is 20.6 Å². The summed E-state index contributed by atoms with van der Waals surface area (Å²) in [5.41, 5.74) is 1.80. The highest BCUT2D eigenvalue weighted by Gasteiger charge is 2.11. The van der Waals surface area contributed by atoms with Gasteiger partial charge in [-0.2, -0.15) is 4.98 Å². The van der Waals surface area contributed by atoms with Crippen molar-refractivity contribution < 1.29 is 9.47 Å². The van der Waals surface area contributed by atoms with E-state index in [1.807, 2.05) is 31.2 Å². The Hall–Kier alpha value is -2.50. The molecule has 6 nitrogen and oxygen atoms in total. The number of anilines is 3. The van der Waals surface area contributed by atoms with Crippen molar-refractivity contribution in [2.45, 2.75) is 13.3 Å². The number of fused-ring (bicyclic) bond motifs is 1. The zero-order valence-electron chi connectivity index (χ0n) is 12.1. The van der Waals surface area contributed by atoms with Crippen molar-refractivity contribution >= 4 is 17.5 Å². The number of nitrogens with zero attached hydrogens (tertiary/aromatic N) is 2. The lowest BCUT2D eigenvalue weighted by molar-refractivity contribution is 0.297. The van der Waals surface area contributed by atoms with Crippen LogP contribution in [-0.4, -0.2) is 30.2 Å². The molecule has 0 bridgehead atoms. The van der Waals surface area contributed by atoms with Gasteiger partial charge in [-0.3, -0.25) is 0 Å². The smallest absolute Gasteiger partial charge is 0.224 e. The fraction of sp³-hybridized carbons (Fsp3) is 0.333. The average molecular weight is 286 g/mol. The Balaban J connectivity index is 1.85. The zero-order valence-corrected chi connectivity index (χ0v) is 12.1. The Labute approximate surface area is 123 Å². The summed E-state index contributed by atoms with van der Waals surface area (Å²) in [4.78, 5) is 8.64. The number of nitrogens with one attached hydrogen (secondary N) is 2. The lowest BCUT2D eigenvalue weighted by atomic mass is 10.2. The molecule has 0 radical (unpaired) electrons. The van der Waals surface area contributed by atoms with Gasteiger partial charge in [-0.05, 0) is 19.1 Å². The molecule has 0 atom stereocenters. The van der Waals surface area contributed by atoms with Gasteiger partial charge in [0.1, 0.15) is 5.82 Å². The van der Waals surface area contributed by atoms with E-state index in [0.29, 0.717) is 19.2 Å². The van der Waals surface area contributed by atoms with Gasteiger partial charge >= 0.3 is 0 Å². The van der Waals surface area contributed by atoms with Crippen molar-refractivity contribution in [3.05, 3.63) is 30.0 Å². The maximum Gasteiger partial charge on any atom is 0.224 e. The van der Waals surface area contributed by atoms with Crippen LogP contribution in [0.5, 0.6) is 11.5 Å². The molecule has 2 aromatic rings. The summed E-state index contributed by atoms with van der Waals surface area (Å²) in [5.74, 6) is 2.87. The second kappa shape index (κ2) is 5.87. The first-order valence-corrected chi connectivity index (χ1v) is 6.95. The molecular weight excluding hydrogens is 268 g/mol. The van der Waals surface area contributed by atoms with E-state index in [-0.39, 0.29) is 0 Å². The summed E-state index contributed by atoms with van der Waals surface area (Å²) in [6, 6.07) is 7.68. The monoisotopic (exact) mass is 286 g/mol. The lowest BCUT2D eigenvalue weighted by Crippen LogP contribution is -2.02. The summed E-state index contributed by atoms with van der Waals surface area (Å²) in [6.45, 7) is 3.30. The lowest BCUT2D eigenvalue weighted by Gasteiger charge is -2.11. The average Bonchev–Trinajstić information content (AvgIpc) is 2.71. The molecule has 110 valence electrons. The molecule has 0 saturated carbocycles. The van der Waals surface area contributed by atoms with E-state index in [4.69, 9.17) is 9.47 Å². The third-order valence-corrected chi connectivity index (χ3v) is 3.10. The van der Waals surface area contributed by atoms with Gasteiger partial charge in [0.25, 0.3) is 0 Å². The third-order valence-electron chi connectivity index (χ3n) is 3.10. The van der Waals surface area contributed by atoms with E-state index in [1.165, 1.54) is 0 Å². The van der Waals surface area contributed by atoms with Gasteiger partial charge in [0.05, 0.1) is 13.2 Å². The molecule has 6 heteroatoms. The molecule has 3 rings (SSSR count). The molecule has 0 spiro atoms. The van der Waals surface area contributed by atoms with Crippen molar-refractivity contribution in [1.29, 1.82) is 0 Å². The zero-order chi connectivity index (χ0) is 14.7. The van der Waals surface area contributed by atoms with Crippen LogP contribution in [0.25, 0.3) is 0 Å². The first-order chi connectivity index (χ1) is 10.2. The van der Waals surface area contributed by atoms with Gasteiger partial charge in [-0.25, -0.2) is 4.98 Å². The first kappa shape index (κ1) is 13.5. The molecule has 0 saturated heterocycles. The highest BCUT2D eigenvalue weighted by molar-refractivity contribution is 5.62. The molecule has 0 amide bonds. The highest BCUT2D eigenvalue weighted by atomic mass is 16.5. The van der Waals surface area contributed by atoms with Crippen LogP contribution in [0, 0.1) is 6.92 Å². The number of rotatable bonds is 3. The minimum atomic E-state index is 0.590.